The molecular weight excluding hydrogens is 550 g/mol. The highest BCUT2D eigenvalue weighted by molar-refractivity contribution is 6.34. The van der Waals surface area contributed by atoms with E-state index in [1.165, 1.54) is 10.7 Å². The van der Waals surface area contributed by atoms with Gasteiger partial charge in [0, 0.05) is 51.9 Å². The lowest BCUT2D eigenvalue weighted by molar-refractivity contribution is 0.0374. The molecule has 15 heteroatoms. The van der Waals surface area contributed by atoms with Crippen LogP contribution >= 0.6 is 11.6 Å². The molecule has 0 atom stereocenters. The van der Waals surface area contributed by atoms with Crippen LogP contribution in [0.5, 0.6) is 0 Å². The summed E-state index contributed by atoms with van der Waals surface area (Å²) < 4.78 is 6.87. The van der Waals surface area contributed by atoms with Crippen LogP contribution in [0.25, 0.3) is 5.69 Å². The van der Waals surface area contributed by atoms with Gasteiger partial charge in [0.05, 0.1) is 41.5 Å². The molecule has 0 spiro atoms. The van der Waals surface area contributed by atoms with E-state index in [4.69, 9.17) is 22.1 Å². The van der Waals surface area contributed by atoms with E-state index in [0.717, 1.165) is 71.1 Å². The number of rotatable bonds is 9. The zero-order valence-corrected chi connectivity index (χ0v) is 23.7. The number of amides is 2. The number of hydrogen-bond donors (Lipinski definition) is 3. The molecule has 14 nitrogen and oxygen atoms in total. The fourth-order valence-corrected chi connectivity index (χ4v) is 4.96. The quantitative estimate of drug-likeness (QED) is 0.305. The average Bonchev–Trinajstić information content (AvgIpc) is 3.47. The second-order valence-corrected chi connectivity index (χ2v) is 10.4. The molecule has 0 radical (unpaired) electrons. The van der Waals surface area contributed by atoms with Gasteiger partial charge in [-0.05, 0) is 38.2 Å². The number of likely N-dealkylation sites (N-methyl/N-ethyl adjacent to an activating group) is 1. The summed E-state index contributed by atoms with van der Waals surface area (Å²) in [7, 11) is 2.08. The predicted octanol–water partition coefficient (Wildman–Crippen LogP) is 0.749. The Morgan fingerprint density at radius 3 is 2.56 bits per heavy atom. The topological polar surface area (TPSA) is 160 Å². The molecule has 5 rings (SSSR count). The van der Waals surface area contributed by atoms with Gasteiger partial charge in [-0.25, -0.2) is 4.68 Å². The highest BCUT2D eigenvalue weighted by Crippen LogP contribution is 2.30. The van der Waals surface area contributed by atoms with Crippen LogP contribution in [0.3, 0.4) is 0 Å². The van der Waals surface area contributed by atoms with Gasteiger partial charge in [-0.1, -0.05) is 16.8 Å². The molecule has 0 aliphatic carbocycles. The zero-order chi connectivity index (χ0) is 28.8. The molecule has 2 saturated heterocycles. The average molecular weight is 584 g/mol. The summed E-state index contributed by atoms with van der Waals surface area (Å²) >= 11 is 6.21. The maximum atomic E-state index is 13.1. The van der Waals surface area contributed by atoms with E-state index in [9.17, 15) is 9.59 Å². The number of hydrogen-bond acceptors (Lipinski definition) is 11. The first-order chi connectivity index (χ1) is 19.9. The summed E-state index contributed by atoms with van der Waals surface area (Å²) in [5.74, 6) is -0.696. The largest absolute Gasteiger partial charge is 0.382 e. The van der Waals surface area contributed by atoms with Crippen LogP contribution in [0.15, 0.2) is 30.5 Å². The number of ether oxygens (including phenoxy) is 1. The van der Waals surface area contributed by atoms with Crippen molar-refractivity contribution < 1.29 is 14.3 Å². The highest BCUT2D eigenvalue weighted by atomic mass is 35.5. The Labute approximate surface area is 242 Å². The van der Waals surface area contributed by atoms with E-state index in [1.807, 2.05) is 12.1 Å². The molecule has 2 fully saturated rings. The van der Waals surface area contributed by atoms with E-state index in [0.29, 0.717) is 17.9 Å². The number of piperazine rings is 1. The van der Waals surface area contributed by atoms with Gasteiger partial charge in [-0.2, -0.15) is 0 Å². The molecule has 2 aliphatic rings. The number of carbonyl (C=O) groups is 2. The second-order valence-electron chi connectivity index (χ2n) is 10.0. The third-order valence-electron chi connectivity index (χ3n) is 7.08. The third kappa shape index (κ3) is 7.27. The summed E-state index contributed by atoms with van der Waals surface area (Å²) in [6.45, 7) is 8.13. The van der Waals surface area contributed by atoms with Crippen molar-refractivity contribution in [3.63, 3.8) is 0 Å². The molecule has 4 heterocycles. The van der Waals surface area contributed by atoms with Gasteiger partial charge in [0.15, 0.2) is 11.4 Å². The molecule has 3 aromatic rings. The molecule has 2 aromatic heterocycles. The summed E-state index contributed by atoms with van der Waals surface area (Å²) in [6, 6.07) is 6.95. The minimum Gasteiger partial charge on any atom is -0.382 e. The zero-order valence-electron chi connectivity index (χ0n) is 22.9. The molecule has 4 N–H and O–H groups in total. The van der Waals surface area contributed by atoms with Gasteiger partial charge in [0.2, 0.25) is 0 Å². The number of aromatic nitrogens is 5. The van der Waals surface area contributed by atoms with Crippen LogP contribution in [-0.4, -0.2) is 119 Å². The van der Waals surface area contributed by atoms with Crippen molar-refractivity contribution in [3.8, 4) is 5.69 Å². The summed E-state index contributed by atoms with van der Waals surface area (Å²) in [6.07, 6.45) is 2.40. The monoisotopic (exact) mass is 583 g/mol. The number of nitrogens with two attached hydrogens (primary N) is 1. The number of benzene rings is 1. The van der Waals surface area contributed by atoms with Gasteiger partial charge in [0.25, 0.3) is 11.8 Å². The summed E-state index contributed by atoms with van der Waals surface area (Å²) in [5, 5.41) is 21.8. The van der Waals surface area contributed by atoms with Crippen LogP contribution in [0.4, 0.5) is 17.2 Å². The Morgan fingerprint density at radius 2 is 1.80 bits per heavy atom. The first-order valence-electron chi connectivity index (χ1n) is 13.6. The predicted molar refractivity (Wildman–Crippen MR) is 155 cm³/mol. The second kappa shape index (κ2) is 13.2. The number of nitrogens with zero attached hydrogens (tertiary/aromatic N) is 8. The Morgan fingerprint density at radius 1 is 1.02 bits per heavy atom. The maximum Gasteiger partial charge on any atom is 0.277 e. The lowest BCUT2D eigenvalue weighted by Gasteiger charge is -2.35. The van der Waals surface area contributed by atoms with Crippen molar-refractivity contribution in [2.24, 2.45) is 0 Å². The number of anilines is 3. The van der Waals surface area contributed by atoms with Crippen molar-refractivity contribution in [3.05, 3.63) is 46.9 Å². The van der Waals surface area contributed by atoms with E-state index in [-0.39, 0.29) is 28.1 Å². The Kier molecular flexibility index (Phi) is 9.24. The van der Waals surface area contributed by atoms with Crippen molar-refractivity contribution in [2.75, 3.05) is 88.6 Å². The van der Waals surface area contributed by atoms with Gasteiger partial charge >= 0.3 is 0 Å². The van der Waals surface area contributed by atoms with E-state index >= 15 is 0 Å². The molecule has 1 aromatic carbocycles. The van der Waals surface area contributed by atoms with Crippen molar-refractivity contribution in [2.45, 2.75) is 6.42 Å². The molecule has 0 saturated carbocycles. The smallest absolute Gasteiger partial charge is 0.277 e. The number of nitrogens with one attached hydrogen (secondary N) is 2. The highest BCUT2D eigenvalue weighted by Gasteiger charge is 2.22. The molecule has 218 valence electrons. The van der Waals surface area contributed by atoms with E-state index in [1.54, 1.807) is 12.3 Å². The fourth-order valence-electron chi connectivity index (χ4n) is 4.72. The number of morpholine rings is 1. The van der Waals surface area contributed by atoms with Gasteiger partial charge in [0.1, 0.15) is 5.82 Å². The van der Waals surface area contributed by atoms with Crippen molar-refractivity contribution in [1.29, 1.82) is 0 Å². The maximum absolute atomic E-state index is 13.1. The SMILES string of the molecule is CN1CCN(c2ccc(-n3cc(C(=O)NCCCN4CCOCC4)nn3)cc2NC(=O)c2nnc(N)cc2Cl)CC1. The normalized spacial score (nSPS) is 16.5. The van der Waals surface area contributed by atoms with E-state index in [2.05, 4.69) is 52.9 Å². The first kappa shape index (κ1) is 28.7. The Hall–Kier alpha value is -3.85. The van der Waals surface area contributed by atoms with Crippen LogP contribution in [0, 0.1) is 0 Å². The number of halogens is 1. The standard InChI is InChI=1S/C26H34ClN11O3/c1-35-7-9-37(10-8-35)22-4-3-18(15-20(22)30-26(40)24-19(27)16-23(28)32-33-24)38-17-21(31-34-38)25(39)29-5-2-6-36-11-13-41-14-12-36/h3-4,15-17H,2,5-14H2,1H3,(H2,28,32)(H,29,39)(H,30,40). The van der Waals surface area contributed by atoms with E-state index < -0.39 is 5.91 Å². The fraction of sp³-hybridized carbons (Fsp3) is 0.462. The third-order valence-corrected chi connectivity index (χ3v) is 7.37. The van der Waals surface area contributed by atoms with Crippen LogP contribution in [0.2, 0.25) is 5.02 Å². The van der Waals surface area contributed by atoms with Crippen LogP contribution in [-0.2, 0) is 4.74 Å². The van der Waals surface area contributed by atoms with Gasteiger partial charge in [-0.15, -0.1) is 15.3 Å². The number of carbonyl (C=O) groups excluding carboxylic acids is 2. The number of nitrogen functional groups attached to an aromatic ring is 1. The summed E-state index contributed by atoms with van der Waals surface area (Å²) in [5.41, 5.74) is 7.80. The molecule has 41 heavy (non-hydrogen) atoms. The molecule has 0 unspecified atom stereocenters. The minimum atomic E-state index is -0.522. The summed E-state index contributed by atoms with van der Waals surface area (Å²) in [4.78, 5) is 32.6. The first-order valence-corrected chi connectivity index (χ1v) is 13.9. The van der Waals surface area contributed by atoms with Crippen LogP contribution in [0.1, 0.15) is 27.4 Å². The van der Waals surface area contributed by atoms with Crippen molar-refractivity contribution >= 4 is 40.6 Å². The van der Waals surface area contributed by atoms with Crippen LogP contribution < -0.4 is 21.3 Å². The minimum absolute atomic E-state index is 0.0380. The van der Waals surface area contributed by atoms with Gasteiger partial charge < -0.3 is 30.9 Å². The molecule has 2 aliphatic heterocycles. The lowest BCUT2D eigenvalue weighted by atomic mass is 10.2. The lowest BCUT2D eigenvalue weighted by Crippen LogP contribution is -2.44. The van der Waals surface area contributed by atoms with Crippen molar-refractivity contribution in [1.82, 2.24) is 40.3 Å². The molecular formula is C26H34ClN11O3. The van der Waals surface area contributed by atoms with Gasteiger partial charge in [-0.3, -0.25) is 14.5 Å². The Balaban J connectivity index is 1.30. The Bertz CT molecular complexity index is 1370. The molecule has 0 bridgehead atoms. The molecule has 2 amide bonds.